The fraction of sp³-hybridized carbons (Fsp3) is 0.467. The first-order valence-electron chi connectivity index (χ1n) is 6.11. The van der Waals surface area contributed by atoms with Gasteiger partial charge in [0.25, 0.3) is 0 Å². The van der Waals surface area contributed by atoms with Crippen molar-refractivity contribution >= 4 is 6.08 Å². The molecule has 1 aromatic rings. The molecule has 0 spiro atoms. The third-order valence-electron chi connectivity index (χ3n) is 2.25. The van der Waals surface area contributed by atoms with Gasteiger partial charge in [-0.05, 0) is 38.0 Å². The van der Waals surface area contributed by atoms with E-state index in [4.69, 9.17) is 0 Å². The van der Waals surface area contributed by atoms with Crippen molar-refractivity contribution < 1.29 is 0 Å². The van der Waals surface area contributed by atoms with E-state index in [-0.39, 0.29) is 0 Å². The van der Waals surface area contributed by atoms with Crippen LogP contribution in [0.3, 0.4) is 0 Å². The average Bonchev–Trinajstić information content (AvgIpc) is 2.59. The van der Waals surface area contributed by atoms with Crippen LogP contribution < -0.4 is 0 Å². The minimum absolute atomic E-state index is 1.19. The van der Waals surface area contributed by atoms with Crippen LogP contribution in [0.15, 0.2) is 18.7 Å². The summed E-state index contributed by atoms with van der Waals surface area (Å²) in [5, 5.41) is 0. The second kappa shape index (κ2) is 10.3. The van der Waals surface area contributed by atoms with Gasteiger partial charge >= 0.3 is 0 Å². The van der Waals surface area contributed by atoms with E-state index in [2.05, 4.69) is 32.3 Å². The Morgan fingerprint density at radius 1 is 0.938 bits per heavy atom. The van der Waals surface area contributed by atoms with E-state index in [0.717, 1.165) is 0 Å². The molecule has 1 heteroatoms. The van der Waals surface area contributed by atoms with Crippen LogP contribution in [0.1, 0.15) is 50.2 Å². The molecule has 1 nitrogen and oxygen atoms in total. The molecule has 0 aliphatic carbocycles. The van der Waals surface area contributed by atoms with Crippen molar-refractivity contribution in [1.82, 2.24) is 4.98 Å². The number of nitrogens with one attached hydrogen (secondary N) is 1. The second-order valence-electron chi connectivity index (χ2n) is 3.01. The molecule has 1 heterocycles. The molecule has 0 bridgehead atoms. The predicted molar refractivity (Wildman–Crippen MR) is 76.9 cm³/mol. The molecule has 0 unspecified atom stereocenters. The fourth-order valence-corrected chi connectivity index (χ4v) is 1.20. The lowest BCUT2D eigenvalue weighted by Crippen LogP contribution is -1.75. The molecule has 0 saturated heterocycles. The van der Waals surface area contributed by atoms with Gasteiger partial charge in [0.2, 0.25) is 0 Å². The summed E-state index contributed by atoms with van der Waals surface area (Å²) in [4.78, 5) is 3.31. The first-order chi connectivity index (χ1) is 7.66. The molecule has 0 fully saturated rings. The number of rotatable bonds is 2. The molecule has 1 N–H and O–H groups in total. The van der Waals surface area contributed by atoms with Gasteiger partial charge in [0.05, 0.1) is 0 Å². The van der Waals surface area contributed by atoms with E-state index >= 15 is 0 Å². The topological polar surface area (TPSA) is 15.8 Å². The SMILES string of the molecule is C=C/C=C\c1[nH]c(C)c(C)c1C.CC.CC. The van der Waals surface area contributed by atoms with Crippen LogP contribution in [-0.2, 0) is 0 Å². The van der Waals surface area contributed by atoms with Gasteiger partial charge in [-0.2, -0.15) is 0 Å². The fourth-order valence-electron chi connectivity index (χ4n) is 1.20. The van der Waals surface area contributed by atoms with Crippen molar-refractivity contribution in [3.05, 3.63) is 41.2 Å². The summed E-state index contributed by atoms with van der Waals surface area (Å²) in [5.74, 6) is 0. The maximum atomic E-state index is 3.63. The minimum Gasteiger partial charge on any atom is -0.359 e. The maximum Gasteiger partial charge on any atom is 0.0414 e. The number of hydrogen-bond donors (Lipinski definition) is 1. The molecule has 0 amide bonds. The van der Waals surface area contributed by atoms with Gasteiger partial charge < -0.3 is 4.98 Å². The number of aryl methyl sites for hydroxylation is 1. The van der Waals surface area contributed by atoms with Gasteiger partial charge in [-0.3, -0.25) is 0 Å². The van der Waals surface area contributed by atoms with E-state index in [1.54, 1.807) is 6.08 Å². The monoisotopic (exact) mass is 221 g/mol. The molecular formula is C15H27N. The van der Waals surface area contributed by atoms with E-state index in [0.29, 0.717) is 0 Å². The minimum atomic E-state index is 1.19. The first kappa shape index (κ1) is 17.2. The van der Waals surface area contributed by atoms with E-state index in [1.807, 2.05) is 39.8 Å². The van der Waals surface area contributed by atoms with Crippen LogP contribution in [0.4, 0.5) is 0 Å². The Labute approximate surface area is 101 Å². The maximum absolute atomic E-state index is 3.63. The Morgan fingerprint density at radius 2 is 1.44 bits per heavy atom. The van der Waals surface area contributed by atoms with Gasteiger partial charge in [0, 0.05) is 11.4 Å². The van der Waals surface area contributed by atoms with Crippen molar-refractivity contribution in [3.8, 4) is 0 Å². The van der Waals surface area contributed by atoms with E-state index < -0.39 is 0 Å². The van der Waals surface area contributed by atoms with Crippen LogP contribution in [0.25, 0.3) is 6.08 Å². The smallest absolute Gasteiger partial charge is 0.0414 e. The van der Waals surface area contributed by atoms with Crippen LogP contribution >= 0.6 is 0 Å². The third kappa shape index (κ3) is 5.01. The summed E-state index contributed by atoms with van der Waals surface area (Å²) >= 11 is 0. The largest absolute Gasteiger partial charge is 0.359 e. The zero-order chi connectivity index (χ0) is 13.1. The van der Waals surface area contributed by atoms with Crippen LogP contribution in [0.2, 0.25) is 0 Å². The number of aromatic nitrogens is 1. The standard InChI is InChI=1S/C11H15N.2C2H6/c1-5-6-7-11-9(3)8(2)10(4)12-11;2*1-2/h5-7,12H,1H2,2-4H3;2*1-2H3/b7-6-;;. The number of allylic oxidation sites excluding steroid dienone is 2. The van der Waals surface area contributed by atoms with Crippen molar-refractivity contribution in [2.45, 2.75) is 48.5 Å². The quantitative estimate of drug-likeness (QED) is 0.661. The highest BCUT2D eigenvalue weighted by molar-refractivity contribution is 5.54. The molecule has 0 aliphatic rings. The van der Waals surface area contributed by atoms with E-state index in [1.165, 1.54) is 22.5 Å². The molecule has 0 saturated carbocycles. The van der Waals surface area contributed by atoms with Crippen molar-refractivity contribution in [2.75, 3.05) is 0 Å². The van der Waals surface area contributed by atoms with Gasteiger partial charge in [-0.15, -0.1) is 0 Å². The Hall–Kier alpha value is -1.24. The molecule has 1 rings (SSSR count). The normalized spacial score (nSPS) is 8.94. The lowest BCUT2D eigenvalue weighted by molar-refractivity contribution is 1.22. The van der Waals surface area contributed by atoms with Crippen LogP contribution in [0, 0.1) is 20.8 Å². The Balaban J connectivity index is 0. The lowest BCUT2D eigenvalue weighted by atomic mass is 10.1. The first-order valence-corrected chi connectivity index (χ1v) is 6.11. The van der Waals surface area contributed by atoms with Crippen molar-refractivity contribution in [2.24, 2.45) is 0 Å². The Kier molecular flexibility index (Phi) is 11.0. The molecule has 0 radical (unpaired) electrons. The van der Waals surface area contributed by atoms with Crippen LogP contribution in [-0.4, -0.2) is 4.98 Å². The van der Waals surface area contributed by atoms with Crippen molar-refractivity contribution in [3.63, 3.8) is 0 Å². The summed E-state index contributed by atoms with van der Waals surface area (Å²) in [6, 6.07) is 0. The lowest BCUT2D eigenvalue weighted by Gasteiger charge is -1.90. The Bertz CT molecular complexity index is 316. The van der Waals surface area contributed by atoms with Crippen LogP contribution in [0.5, 0.6) is 0 Å². The number of H-pyrrole nitrogens is 1. The Morgan fingerprint density at radius 3 is 1.75 bits per heavy atom. The zero-order valence-electron chi connectivity index (χ0n) is 11.9. The number of hydrogen-bond acceptors (Lipinski definition) is 0. The molecule has 1 aromatic heterocycles. The van der Waals surface area contributed by atoms with Gasteiger partial charge in [-0.1, -0.05) is 46.4 Å². The third-order valence-corrected chi connectivity index (χ3v) is 2.25. The molecule has 0 aliphatic heterocycles. The number of aromatic amines is 1. The highest BCUT2D eigenvalue weighted by Gasteiger charge is 2.03. The summed E-state index contributed by atoms with van der Waals surface area (Å²) in [6.07, 6.45) is 5.77. The van der Waals surface area contributed by atoms with Gasteiger partial charge in [0.1, 0.15) is 0 Å². The zero-order valence-corrected chi connectivity index (χ0v) is 11.9. The van der Waals surface area contributed by atoms with Crippen molar-refractivity contribution in [1.29, 1.82) is 0 Å². The summed E-state index contributed by atoms with van der Waals surface area (Å²) in [7, 11) is 0. The molecule has 16 heavy (non-hydrogen) atoms. The molecule has 0 atom stereocenters. The van der Waals surface area contributed by atoms with E-state index in [9.17, 15) is 0 Å². The molecule has 0 aromatic carbocycles. The molecule has 92 valence electrons. The van der Waals surface area contributed by atoms with Gasteiger partial charge in [-0.25, -0.2) is 0 Å². The highest BCUT2D eigenvalue weighted by atomic mass is 14.7. The highest BCUT2D eigenvalue weighted by Crippen LogP contribution is 2.17. The predicted octanol–water partition coefficient (Wildman–Crippen LogP) is 5.19. The summed E-state index contributed by atoms with van der Waals surface area (Å²) in [5.41, 5.74) is 5.10. The van der Waals surface area contributed by atoms with Gasteiger partial charge in [0.15, 0.2) is 0 Å². The summed E-state index contributed by atoms with van der Waals surface area (Å²) < 4.78 is 0. The average molecular weight is 221 g/mol. The molecular weight excluding hydrogens is 194 g/mol. The second-order valence-corrected chi connectivity index (χ2v) is 3.01. The summed E-state index contributed by atoms with van der Waals surface area (Å²) in [6.45, 7) is 18.0.